The quantitative estimate of drug-likeness (QED) is 0.173. The van der Waals surface area contributed by atoms with Gasteiger partial charge in [-0.1, -0.05) is 56.7 Å². The maximum atomic E-state index is 13.4. The van der Waals surface area contributed by atoms with Crippen molar-refractivity contribution in [1.29, 1.82) is 0 Å². The molecule has 0 bridgehead atoms. The summed E-state index contributed by atoms with van der Waals surface area (Å²) in [6.45, 7) is 6.23. The summed E-state index contributed by atoms with van der Waals surface area (Å²) in [5.74, 6) is -0.679. The number of pyridine rings is 1. The zero-order valence-electron chi connectivity index (χ0n) is 21.4. The third-order valence-corrected chi connectivity index (χ3v) is 8.58. The van der Waals surface area contributed by atoms with Gasteiger partial charge in [0.1, 0.15) is 0 Å². The number of thiazole rings is 1. The largest absolute Gasteiger partial charge is 0.452 e. The van der Waals surface area contributed by atoms with Gasteiger partial charge in [0, 0.05) is 23.2 Å². The molecule has 1 aliphatic carbocycles. The Morgan fingerprint density at radius 2 is 1.97 bits per heavy atom. The first kappa shape index (κ1) is 25.7. The Hall–Kier alpha value is -3.92. The summed E-state index contributed by atoms with van der Waals surface area (Å²) in [7, 11) is 0. The van der Waals surface area contributed by atoms with Crippen molar-refractivity contribution in [3.63, 3.8) is 0 Å². The molecular weight excluding hydrogens is 504 g/mol. The highest BCUT2D eigenvalue weighted by atomic mass is 32.1. The van der Waals surface area contributed by atoms with Crippen LogP contribution in [0.15, 0.2) is 42.5 Å². The summed E-state index contributed by atoms with van der Waals surface area (Å²) in [5, 5.41) is 14.6. The fourth-order valence-corrected chi connectivity index (χ4v) is 5.93. The van der Waals surface area contributed by atoms with Gasteiger partial charge in [-0.05, 0) is 48.3 Å². The number of anilines is 1. The number of amides is 1. The number of carbonyl (C=O) groups excluding carboxylic acids is 2. The van der Waals surface area contributed by atoms with Crippen LogP contribution in [0.25, 0.3) is 21.1 Å². The van der Waals surface area contributed by atoms with Crippen molar-refractivity contribution in [3.8, 4) is 0 Å². The minimum atomic E-state index is -0.551. The number of nitrogens with one attached hydrogen (secondary N) is 1. The summed E-state index contributed by atoms with van der Waals surface area (Å²) < 4.78 is 6.09. The van der Waals surface area contributed by atoms with Crippen LogP contribution in [0.2, 0.25) is 0 Å². The number of nitro benzene ring substituents is 1. The number of aryl methyl sites for hydroxylation is 1. The Kier molecular flexibility index (Phi) is 6.83. The molecule has 196 valence electrons. The van der Waals surface area contributed by atoms with E-state index in [-0.39, 0.29) is 16.2 Å². The topological polar surface area (TPSA) is 124 Å². The fourth-order valence-electron chi connectivity index (χ4n) is 5.02. The lowest BCUT2D eigenvalue weighted by molar-refractivity contribution is -0.384. The van der Waals surface area contributed by atoms with Crippen LogP contribution in [0.3, 0.4) is 0 Å². The first-order valence-corrected chi connectivity index (χ1v) is 13.4. The van der Waals surface area contributed by atoms with E-state index >= 15 is 0 Å². The number of fused-ring (bicyclic) bond motifs is 3. The highest BCUT2D eigenvalue weighted by Crippen LogP contribution is 2.41. The lowest BCUT2D eigenvalue weighted by atomic mass is 9.68. The minimum absolute atomic E-state index is 0.0505. The van der Waals surface area contributed by atoms with Crippen molar-refractivity contribution in [2.24, 2.45) is 11.3 Å². The first-order chi connectivity index (χ1) is 18.2. The van der Waals surface area contributed by atoms with Crippen molar-refractivity contribution in [2.45, 2.75) is 46.5 Å². The normalized spacial score (nSPS) is 15.3. The Morgan fingerprint density at radius 1 is 1.18 bits per heavy atom. The molecular formula is C28H28N4O5S. The summed E-state index contributed by atoms with van der Waals surface area (Å²) >= 11 is 1.12. The molecule has 2 aromatic carbocycles. The second-order valence-corrected chi connectivity index (χ2v) is 11.3. The van der Waals surface area contributed by atoms with E-state index in [4.69, 9.17) is 9.72 Å². The molecule has 1 N–H and O–H groups in total. The molecule has 1 amide bonds. The van der Waals surface area contributed by atoms with Gasteiger partial charge in [-0.15, -0.1) is 0 Å². The monoisotopic (exact) mass is 532 g/mol. The number of para-hydroxylation sites is 1. The van der Waals surface area contributed by atoms with Crippen LogP contribution in [-0.4, -0.2) is 33.4 Å². The van der Waals surface area contributed by atoms with Gasteiger partial charge in [-0.25, -0.2) is 9.78 Å². The number of hydrogen-bond acceptors (Lipinski definition) is 8. The van der Waals surface area contributed by atoms with E-state index in [0.717, 1.165) is 59.2 Å². The Labute approximate surface area is 223 Å². The van der Waals surface area contributed by atoms with Gasteiger partial charge in [0.25, 0.3) is 11.6 Å². The van der Waals surface area contributed by atoms with Crippen molar-refractivity contribution in [2.75, 3.05) is 11.9 Å². The number of non-ortho nitro benzene ring substituents is 1. The van der Waals surface area contributed by atoms with Crippen molar-refractivity contribution >= 4 is 55.2 Å². The number of ether oxygens (including phenoxy) is 1. The molecule has 0 saturated heterocycles. The first-order valence-electron chi connectivity index (χ1n) is 12.6. The second kappa shape index (κ2) is 10.1. The Balaban J connectivity index is 1.36. The highest BCUT2D eigenvalue weighted by molar-refractivity contribution is 7.22. The van der Waals surface area contributed by atoms with Crippen LogP contribution in [0, 0.1) is 21.4 Å². The molecule has 0 spiro atoms. The third kappa shape index (κ3) is 4.96. The maximum Gasteiger partial charge on any atom is 0.339 e. The lowest BCUT2D eigenvalue weighted by Gasteiger charge is -2.37. The van der Waals surface area contributed by atoms with Crippen LogP contribution in [-0.2, 0) is 22.4 Å². The number of nitrogens with zero attached hydrogens (tertiary/aromatic N) is 3. The average Bonchev–Trinajstić information content (AvgIpc) is 3.31. The number of aromatic nitrogens is 2. The molecule has 5 rings (SSSR count). The molecule has 0 aliphatic heterocycles. The Morgan fingerprint density at radius 3 is 2.74 bits per heavy atom. The molecule has 1 unspecified atom stereocenters. The lowest BCUT2D eigenvalue weighted by Crippen LogP contribution is -2.31. The number of carbonyl (C=O) groups is 2. The van der Waals surface area contributed by atoms with Crippen LogP contribution in [0.4, 0.5) is 10.8 Å². The molecule has 4 aromatic rings. The summed E-state index contributed by atoms with van der Waals surface area (Å²) in [6, 6.07) is 11.8. The van der Waals surface area contributed by atoms with Gasteiger partial charge < -0.3 is 4.74 Å². The molecule has 1 atom stereocenters. The number of hydrogen-bond donors (Lipinski definition) is 1. The zero-order valence-corrected chi connectivity index (χ0v) is 22.3. The maximum absolute atomic E-state index is 13.4. The average molecular weight is 533 g/mol. The zero-order chi connectivity index (χ0) is 27.0. The van der Waals surface area contributed by atoms with E-state index < -0.39 is 23.4 Å². The standard InChI is InChI=1S/C28H28N4O5S/c1-4-28(2,3)16-9-11-21-19(13-16)25(18-7-5-6-8-20(18)29-21)26(34)37-15-24(33)31-27-30-22-12-10-17(32(35)36)14-23(22)38-27/h5-8,10,12,14,16H,4,9,11,13,15H2,1-3H3,(H,30,31,33). The van der Waals surface area contributed by atoms with Gasteiger partial charge >= 0.3 is 5.97 Å². The summed E-state index contributed by atoms with van der Waals surface area (Å²) in [6.07, 6.45) is 3.59. The van der Waals surface area contributed by atoms with Crippen LogP contribution in [0.5, 0.6) is 0 Å². The van der Waals surface area contributed by atoms with Gasteiger partial charge in [0.15, 0.2) is 11.7 Å². The fraction of sp³-hybridized carbons (Fsp3) is 0.357. The van der Waals surface area contributed by atoms with Gasteiger partial charge in [-0.2, -0.15) is 0 Å². The smallest absolute Gasteiger partial charge is 0.339 e. The van der Waals surface area contributed by atoms with E-state index in [2.05, 4.69) is 31.1 Å². The second-order valence-electron chi connectivity index (χ2n) is 10.3. The molecule has 10 heteroatoms. The van der Waals surface area contributed by atoms with E-state index in [9.17, 15) is 19.7 Å². The van der Waals surface area contributed by atoms with Crippen LogP contribution < -0.4 is 5.32 Å². The summed E-state index contributed by atoms with van der Waals surface area (Å²) in [5.41, 5.74) is 3.67. The summed E-state index contributed by atoms with van der Waals surface area (Å²) in [4.78, 5) is 45.8. The number of benzene rings is 2. The molecule has 0 saturated carbocycles. The molecule has 2 aromatic heterocycles. The van der Waals surface area contributed by atoms with E-state index in [1.165, 1.54) is 18.2 Å². The number of rotatable bonds is 7. The van der Waals surface area contributed by atoms with Crippen molar-refractivity contribution in [3.05, 3.63) is 69.4 Å². The highest BCUT2D eigenvalue weighted by Gasteiger charge is 2.34. The van der Waals surface area contributed by atoms with Gasteiger partial charge in [0.05, 0.1) is 26.2 Å². The number of nitro groups is 1. The van der Waals surface area contributed by atoms with Crippen LogP contribution in [0.1, 0.15) is 55.2 Å². The SMILES string of the molecule is CCC(C)(C)C1CCc2nc3ccccc3c(C(=O)OCC(=O)Nc3nc4ccc([N+](=O)[O-])cc4s3)c2C1. The predicted molar refractivity (Wildman–Crippen MR) is 147 cm³/mol. The van der Waals surface area contributed by atoms with Crippen molar-refractivity contribution in [1.82, 2.24) is 9.97 Å². The molecule has 1 aliphatic rings. The van der Waals surface area contributed by atoms with Gasteiger partial charge in [-0.3, -0.25) is 25.2 Å². The molecule has 38 heavy (non-hydrogen) atoms. The van der Waals surface area contributed by atoms with E-state index in [0.29, 0.717) is 21.7 Å². The molecule has 0 fully saturated rings. The molecule has 9 nitrogen and oxygen atoms in total. The minimum Gasteiger partial charge on any atom is -0.452 e. The Bertz CT molecular complexity index is 1580. The van der Waals surface area contributed by atoms with Crippen LogP contribution >= 0.6 is 11.3 Å². The predicted octanol–water partition coefficient (Wildman–Crippen LogP) is 6.09. The van der Waals surface area contributed by atoms with Crippen molar-refractivity contribution < 1.29 is 19.2 Å². The number of esters is 1. The molecule has 0 radical (unpaired) electrons. The van der Waals surface area contributed by atoms with E-state index in [1.54, 1.807) is 0 Å². The molecule has 2 heterocycles. The third-order valence-electron chi connectivity index (χ3n) is 7.64. The van der Waals surface area contributed by atoms with Gasteiger partial charge in [0.2, 0.25) is 0 Å². The van der Waals surface area contributed by atoms with E-state index in [1.807, 2.05) is 24.3 Å².